The standard InChI is InChI=1S/C29H40N4O3/c34-29(26-17-24-25(31-26)6-3-8-28(24)36-20-21-11-16-35-19-21)30-23-9-14-32(15-10-23)18-22-5-4-13-33-12-2-1-7-27(22)33/h3,6,8,11,16,19,22-23,26-27,31H,1-2,4-5,7,9-10,12-15,17-18,20H2,(H,30,34)/t22-,26?,27+/m0/s1. The van der Waals surface area contributed by atoms with Crippen LogP contribution in [0.4, 0.5) is 5.69 Å². The Kier molecular flexibility index (Phi) is 7.19. The van der Waals surface area contributed by atoms with E-state index in [1.165, 1.54) is 51.7 Å². The van der Waals surface area contributed by atoms with Gasteiger partial charge in [-0.2, -0.15) is 0 Å². The normalized spacial score (nSPS) is 27.2. The Balaban J connectivity index is 0.972. The average Bonchev–Trinajstić information content (AvgIpc) is 3.59. The SMILES string of the molecule is O=C(NC1CCN(C[C@@H]2CCCN3CCCC[C@H]23)CC1)C1Cc2c(cccc2OCc2ccoc2)N1. The van der Waals surface area contributed by atoms with E-state index in [1.54, 1.807) is 12.5 Å². The summed E-state index contributed by atoms with van der Waals surface area (Å²) in [6.45, 7) is 6.51. The molecule has 0 saturated carbocycles. The van der Waals surface area contributed by atoms with Crippen molar-refractivity contribution in [1.82, 2.24) is 15.1 Å². The number of carbonyl (C=O) groups excluding carboxylic acids is 1. The molecule has 2 aromatic rings. The molecule has 1 aromatic heterocycles. The van der Waals surface area contributed by atoms with Gasteiger partial charge in [0.25, 0.3) is 0 Å². The lowest BCUT2D eigenvalue weighted by molar-refractivity contribution is -0.122. The summed E-state index contributed by atoms with van der Waals surface area (Å²) in [5, 5.41) is 6.77. The van der Waals surface area contributed by atoms with Gasteiger partial charge in [-0.1, -0.05) is 12.5 Å². The number of rotatable bonds is 7. The topological polar surface area (TPSA) is 70.0 Å². The number of carbonyl (C=O) groups is 1. The number of amides is 1. The molecule has 0 aliphatic carbocycles. The van der Waals surface area contributed by atoms with E-state index in [9.17, 15) is 4.79 Å². The lowest BCUT2D eigenvalue weighted by Gasteiger charge is -2.46. The Morgan fingerprint density at radius 2 is 1.94 bits per heavy atom. The molecule has 3 fully saturated rings. The average molecular weight is 493 g/mol. The minimum atomic E-state index is -0.240. The first-order chi connectivity index (χ1) is 17.7. The van der Waals surface area contributed by atoms with Crippen LogP contribution in [-0.2, 0) is 17.8 Å². The molecule has 194 valence electrons. The maximum absolute atomic E-state index is 13.1. The first kappa shape index (κ1) is 23.9. The molecular weight excluding hydrogens is 452 g/mol. The highest BCUT2D eigenvalue weighted by Crippen LogP contribution is 2.35. The van der Waals surface area contributed by atoms with Gasteiger partial charge in [-0.25, -0.2) is 0 Å². The van der Waals surface area contributed by atoms with Gasteiger partial charge in [-0.3, -0.25) is 4.79 Å². The number of nitrogens with one attached hydrogen (secondary N) is 2. The summed E-state index contributed by atoms with van der Waals surface area (Å²) in [5.41, 5.74) is 3.08. The zero-order chi connectivity index (χ0) is 24.3. The molecule has 7 heteroatoms. The maximum Gasteiger partial charge on any atom is 0.243 e. The third-order valence-electron chi connectivity index (χ3n) is 8.82. The zero-order valence-electron chi connectivity index (χ0n) is 21.3. The van der Waals surface area contributed by atoms with Gasteiger partial charge in [0.2, 0.25) is 5.91 Å². The fourth-order valence-corrected chi connectivity index (χ4v) is 6.87. The number of ether oxygens (including phenoxy) is 1. The van der Waals surface area contributed by atoms with Crippen molar-refractivity contribution in [3.05, 3.63) is 47.9 Å². The molecule has 6 rings (SSSR count). The molecule has 2 N–H and O–H groups in total. The number of benzene rings is 1. The summed E-state index contributed by atoms with van der Waals surface area (Å²) in [4.78, 5) is 18.6. The van der Waals surface area contributed by atoms with Crippen LogP contribution in [-0.4, -0.2) is 66.6 Å². The number of fused-ring (bicyclic) bond motifs is 2. The van der Waals surface area contributed by atoms with E-state index in [4.69, 9.17) is 9.15 Å². The monoisotopic (exact) mass is 492 g/mol. The van der Waals surface area contributed by atoms with Crippen LogP contribution in [0.15, 0.2) is 41.2 Å². The van der Waals surface area contributed by atoms with Crippen molar-refractivity contribution >= 4 is 11.6 Å². The lowest BCUT2D eigenvalue weighted by atomic mass is 9.83. The second-order valence-electron chi connectivity index (χ2n) is 11.2. The second-order valence-corrected chi connectivity index (χ2v) is 11.2. The molecule has 1 aromatic carbocycles. The summed E-state index contributed by atoms with van der Waals surface area (Å²) in [6.07, 6.45) is 13.0. The van der Waals surface area contributed by atoms with Crippen molar-refractivity contribution < 1.29 is 13.9 Å². The highest BCUT2D eigenvalue weighted by Gasteiger charge is 2.35. The van der Waals surface area contributed by atoms with Crippen molar-refractivity contribution in [2.24, 2.45) is 5.92 Å². The Morgan fingerprint density at radius 1 is 1.06 bits per heavy atom. The summed E-state index contributed by atoms with van der Waals surface area (Å²) in [6, 6.07) is 8.74. The highest BCUT2D eigenvalue weighted by atomic mass is 16.5. The number of hydrogen-bond donors (Lipinski definition) is 2. The Labute approximate surface area is 214 Å². The molecule has 7 nitrogen and oxygen atoms in total. The minimum Gasteiger partial charge on any atom is -0.488 e. The van der Waals surface area contributed by atoms with E-state index in [0.717, 1.165) is 60.5 Å². The number of piperidine rings is 3. The van der Waals surface area contributed by atoms with Gasteiger partial charge in [0.05, 0.1) is 12.5 Å². The van der Waals surface area contributed by atoms with Crippen LogP contribution in [0.25, 0.3) is 0 Å². The molecule has 1 amide bonds. The van der Waals surface area contributed by atoms with Gasteiger partial charge in [-0.05, 0) is 75.7 Å². The fraction of sp³-hybridized carbons (Fsp3) is 0.621. The summed E-state index contributed by atoms with van der Waals surface area (Å²) in [7, 11) is 0. The molecule has 4 aliphatic rings. The van der Waals surface area contributed by atoms with E-state index in [1.807, 2.05) is 24.3 Å². The van der Waals surface area contributed by atoms with Gasteiger partial charge < -0.3 is 29.6 Å². The fourth-order valence-electron chi connectivity index (χ4n) is 6.87. The molecule has 3 atom stereocenters. The van der Waals surface area contributed by atoms with Crippen LogP contribution in [0.3, 0.4) is 0 Å². The van der Waals surface area contributed by atoms with Gasteiger partial charge in [0, 0.05) is 55.0 Å². The second kappa shape index (κ2) is 10.9. The number of nitrogens with zero attached hydrogens (tertiary/aromatic N) is 2. The van der Waals surface area contributed by atoms with Gasteiger partial charge in [-0.15, -0.1) is 0 Å². The molecule has 0 radical (unpaired) electrons. The molecule has 4 aliphatic heterocycles. The van der Waals surface area contributed by atoms with E-state index in [2.05, 4.69) is 20.4 Å². The van der Waals surface area contributed by atoms with Crippen molar-refractivity contribution in [2.75, 3.05) is 38.0 Å². The molecule has 5 heterocycles. The molecule has 36 heavy (non-hydrogen) atoms. The Hall–Kier alpha value is -2.51. The van der Waals surface area contributed by atoms with Crippen LogP contribution in [0.5, 0.6) is 5.75 Å². The van der Waals surface area contributed by atoms with Crippen LogP contribution < -0.4 is 15.4 Å². The van der Waals surface area contributed by atoms with Crippen molar-refractivity contribution in [3.8, 4) is 5.75 Å². The molecule has 3 saturated heterocycles. The lowest BCUT2D eigenvalue weighted by Crippen LogP contribution is -2.53. The number of anilines is 1. The van der Waals surface area contributed by atoms with Crippen LogP contribution in [0.2, 0.25) is 0 Å². The van der Waals surface area contributed by atoms with Crippen LogP contribution in [0, 0.1) is 5.92 Å². The molecule has 0 bridgehead atoms. The van der Waals surface area contributed by atoms with E-state index >= 15 is 0 Å². The summed E-state index contributed by atoms with van der Waals surface area (Å²) < 4.78 is 11.2. The van der Waals surface area contributed by atoms with Gasteiger partial charge >= 0.3 is 0 Å². The number of likely N-dealkylation sites (tertiary alicyclic amines) is 1. The molecular formula is C29H40N4O3. The first-order valence-corrected chi connectivity index (χ1v) is 14.0. The predicted molar refractivity (Wildman–Crippen MR) is 140 cm³/mol. The highest BCUT2D eigenvalue weighted by molar-refractivity contribution is 5.88. The largest absolute Gasteiger partial charge is 0.488 e. The van der Waals surface area contributed by atoms with Gasteiger partial charge in [0.1, 0.15) is 18.4 Å². The van der Waals surface area contributed by atoms with E-state index in [-0.39, 0.29) is 18.0 Å². The molecule has 1 unspecified atom stereocenters. The van der Waals surface area contributed by atoms with Crippen molar-refractivity contribution in [3.63, 3.8) is 0 Å². The minimum absolute atomic E-state index is 0.107. The number of hydrogen-bond acceptors (Lipinski definition) is 6. The van der Waals surface area contributed by atoms with Gasteiger partial charge in [0.15, 0.2) is 0 Å². The Morgan fingerprint density at radius 3 is 2.81 bits per heavy atom. The third-order valence-corrected chi connectivity index (χ3v) is 8.82. The van der Waals surface area contributed by atoms with Crippen LogP contribution >= 0.6 is 0 Å². The van der Waals surface area contributed by atoms with E-state index < -0.39 is 0 Å². The zero-order valence-corrected chi connectivity index (χ0v) is 21.3. The number of furan rings is 1. The third kappa shape index (κ3) is 5.28. The quantitative estimate of drug-likeness (QED) is 0.608. The molecule has 0 spiro atoms. The first-order valence-electron chi connectivity index (χ1n) is 14.0. The maximum atomic E-state index is 13.1. The summed E-state index contributed by atoms with van der Waals surface area (Å²) in [5.74, 6) is 1.77. The van der Waals surface area contributed by atoms with Crippen LogP contribution in [0.1, 0.15) is 56.1 Å². The smallest absolute Gasteiger partial charge is 0.243 e. The predicted octanol–water partition coefficient (Wildman–Crippen LogP) is 4.04. The van der Waals surface area contributed by atoms with Crippen molar-refractivity contribution in [2.45, 2.75) is 76.1 Å². The Bertz CT molecular complexity index is 1020. The summed E-state index contributed by atoms with van der Waals surface area (Å²) >= 11 is 0. The van der Waals surface area contributed by atoms with E-state index in [0.29, 0.717) is 13.0 Å². The van der Waals surface area contributed by atoms with Crippen molar-refractivity contribution in [1.29, 1.82) is 0 Å².